The van der Waals surface area contributed by atoms with Gasteiger partial charge in [0.25, 0.3) is 5.91 Å². The van der Waals surface area contributed by atoms with Crippen molar-refractivity contribution < 1.29 is 14.3 Å². The molecule has 0 aliphatic heterocycles. The topological polar surface area (TPSA) is 99.0 Å². The average molecular weight is 343 g/mol. The molecule has 1 N–H and O–H groups in total. The van der Waals surface area contributed by atoms with Gasteiger partial charge in [-0.2, -0.15) is 4.68 Å². The Labute approximate surface area is 145 Å². The van der Waals surface area contributed by atoms with Gasteiger partial charge in [0.2, 0.25) is 0 Å². The van der Waals surface area contributed by atoms with Crippen LogP contribution >= 0.6 is 0 Å². The molecule has 1 aromatic carbocycles. The van der Waals surface area contributed by atoms with Crippen LogP contribution in [0.1, 0.15) is 31.7 Å². The summed E-state index contributed by atoms with van der Waals surface area (Å²) < 4.78 is 6.41. The Balaban J connectivity index is 2.16. The molecule has 0 saturated heterocycles. The van der Waals surface area contributed by atoms with Gasteiger partial charge in [0, 0.05) is 6.04 Å². The summed E-state index contributed by atoms with van der Waals surface area (Å²) >= 11 is 0. The molecule has 2 aromatic rings. The molecule has 0 radical (unpaired) electrons. The van der Waals surface area contributed by atoms with Crippen LogP contribution < -0.4 is 5.32 Å². The summed E-state index contributed by atoms with van der Waals surface area (Å²) in [7, 11) is 0. The van der Waals surface area contributed by atoms with Crippen LogP contribution in [-0.2, 0) is 14.3 Å². The quantitative estimate of drug-likeness (QED) is 0.603. The minimum absolute atomic E-state index is 0.0206. The fraction of sp³-hybridized carbons (Fsp3) is 0.353. The summed E-state index contributed by atoms with van der Waals surface area (Å²) in [5.74, 6) is -0.600. The SMILES string of the molecule is CC[C@H](C)NC(=O)COC(=O)/C(=C/c1ccccc1)n1nnnc1C. The van der Waals surface area contributed by atoms with Crippen molar-refractivity contribution in [3.63, 3.8) is 0 Å². The van der Waals surface area contributed by atoms with Crippen LogP contribution in [0.4, 0.5) is 0 Å². The summed E-state index contributed by atoms with van der Waals surface area (Å²) in [6, 6.07) is 9.26. The first-order valence-electron chi connectivity index (χ1n) is 7.99. The number of aromatic nitrogens is 4. The molecule has 1 aromatic heterocycles. The number of carbonyl (C=O) groups excluding carboxylic acids is 2. The van der Waals surface area contributed by atoms with Gasteiger partial charge < -0.3 is 10.1 Å². The number of rotatable bonds is 7. The molecule has 0 bridgehead atoms. The van der Waals surface area contributed by atoms with Crippen LogP contribution in [0.25, 0.3) is 11.8 Å². The van der Waals surface area contributed by atoms with Crippen molar-refractivity contribution >= 4 is 23.6 Å². The zero-order valence-electron chi connectivity index (χ0n) is 14.5. The van der Waals surface area contributed by atoms with Gasteiger partial charge >= 0.3 is 5.97 Å². The molecule has 8 heteroatoms. The van der Waals surface area contributed by atoms with Gasteiger partial charge in [-0.05, 0) is 42.3 Å². The molecule has 25 heavy (non-hydrogen) atoms. The van der Waals surface area contributed by atoms with Crippen molar-refractivity contribution in [2.24, 2.45) is 0 Å². The maximum atomic E-state index is 12.5. The summed E-state index contributed by atoms with van der Waals surface area (Å²) in [6.07, 6.45) is 2.40. The standard InChI is InChI=1S/C17H21N5O3/c1-4-12(2)18-16(23)11-25-17(24)15(22-13(3)19-20-21-22)10-14-8-6-5-7-9-14/h5-10,12H,4,11H2,1-3H3,(H,18,23)/b15-10-/t12-/m0/s1. The number of esters is 1. The van der Waals surface area contributed by atoms with Gasteiger partial charge in [-0.3, -0.25) is 4.79 Å². The summed E-state index contributed by atoms with van der Waals surface area (Å²) in [4.78, 5) is 24.3. The number of ether oxygens (including phenoxy) is 1. The van der Waals surface area contributed by atoms with Crippen LogP contribution in [0.2, 0.25) is 0 Å². The second kappa shape index (κ2) is 8.72. The first-order valence-corrected chi connectivity index (χ1v) is 7.99. The van der Waals surface area contributed by atoms with E-state index in [0.717, 1.165) is 12.0 Å². The summed E-state index contributed by atoms with van der Waals surface area (Å²) in [6.45, 7) is 5.14. The van der Waals surface area contributed by atoms with E-state index in [1.165, 1.54) is 4.68 Å². The minimum atomic E-state index is -0.682. The number of aryl methyl sites for hydroxylation is 1. The molecule has 0 aliphatic carbocycles. The highest BCUT2D eigenvalue weighted by Crippen LogP contribution is 2.13. The zero-order chi connectivity index (χ0) is 18.2. The molecule has 0 aliphatic rings. The molecule has 0 unspecified atom stereocenters. The smallest absolute Gasteiger partial charge is 0.357 e. The van der Waals surface area contributed by atoms with Gasteiger partial charge in [0.05, 0.1) is 0 Å². The molecule has 1 atom stereocenters. The lowest BCUT2D eigenvalue weighted by molar-refractivity contribution is -0.143. The lowest BCUT2D eigenvalue weighted by atomic mass is 10.2. The summed E-state index contributed by atoms with van der Waals surface area (Å²) in [5, 5.41) is 13.9. The van der Waals surface area contributed by atoms with E-state index in [1.807, 2.05) is 44.2 Å². The van der Waals surface area contributed by atoms with E-state index in [2.05, 4.69) is 20.8 Å². The van der Waals surface area contributed by atoms with E-state index >= 15 is 0 Å². The Morgan fingerprint density at radius 2 is 2.04 bits per heavy atom. The Bertz CT molecular complexity index is 755. The van der Waals surface area contributed by atoms with Gasteiger partial charge in [-0.25, -0.2) is 4.79 Å². The van der Waals surface area contributed by atoms with Gasteiger partial charge in [0.15, 0.2) is 18.1 Å². The third-order valence-corrected chi connectivity index (χ3v) is 3.52. The van der Waals surface area contributed by atoms with Crippen LogP contribution in [-0.4, -0.2) is 44.7 Å². The first kappa shape index (κ1) is 18.3. The first-order chi connectivity index (χ1) is 12.0. The second-order valence-electron chi connectivity index (χ2n) is 5.53. The normalized spacial score (nSPS) is 12.5. The lowest BCUT2D eigenvalue weighted by Crippen LogP contribution is -2.35. The number of nitrogens with one attached hydrogen (secondary N) is 1. The molecule has 0 saturated carbocycles. The van der Waals surface area contributed by atoms with E-state index in [1.54, 1.807) is 13.0 Å². The second-order valence-corrected chi connectivity index (χ2v) is 5.53. The van der Waals surface area contributed by atoms with E-state index in [4.69, 9.17) is 4.74 Å². The zero-order valence-corrected chi connectivity index (χ0v) is 14.5. The predicted octanol–water partition coefficient (Wildman–Crippen LogP) is 1.44. The van der Waals surface area contributed by atoms with Crippen molar-refractivity contribution in [3.05, 3.63) is 41.7 Å². The van der Waals surface area contributed by atoms with Crippen molar-refractivity contribution in [1.82, 2.24) is 25.5 Å². The lowest BCUT2D eigenvalue weighted by Gasteiger charge is -2.12. The van der Waals surface area contributed by atoms with Gasteiger partial charge in [0.1, 0.15) is 0 Å². The highest BCUT2D eigenvalue weighted by atomic mass is 16.5. The molecule has 132 valence electrons. The van der Waals surface area contributed by atoms with Crippen molar-refractivity contribution in [1.29, 1.82) is 0 Å². The van der Waals surface area contributed by atoms with Crippen molar-refractivity contribution in [2.75, 3.05) is 6.61 Å². The number of nitrogens with zero attached hydrogens (tertiary/aromatic N) is 4. The Morgan fingerprint density at radius 1 is 1.32 bits per heavy atom. The number of hydrogen-bond acceptors (Lipinski definition) is 6. The Morgan fingerprint density at radius 3 is 2.64 bits per heavy atom. The van der Waals surface area contributed by atoms with Crippen molar-refractivity contribution in [3.8, 4) is 0 Å². The maximum Gasteiger partial charge on any atom is 0.357 e. The maximum absolute atomic E-state index is 12.5. The van der Waals surface area contributed by atoms with Crippen LogP contribution in [0, 0.1) is 6.92 Å². The highest BCUT2D eigenvalue weighted by Gasteiger charge is 2.19. The number of carbonyl (C=O) groups is 2. The fourth-order valence-electron chi connectivity index (χ4n) is 1.99. The number of hydrogen-bond donors (Lipinski definition) is 1. The molecular formula is C17H21N5O3. The molecular weight excluding hydrogens is 322 g/mol. The minimum Gasteiger partial charge on any atom is -0.451 e. The monoisotopic (exact) mass is 343 g/mol. The molecule has 0 spiro atoms. The van der Waals surface area contributed by atoms with Gasteiger partial charge in [-0.1, -0.05) is 37.3 Å². The molecule has 8 nitrogen and oxygen atoms in total. The number of amides is 1. The third-order valence-electron chi connectivity index (χ3n) is 3.52. The molecule has 0 fully saturated rings. The molecule has 2 rings (SSSR count). The van der Waals surface area contributed by atoms with Gasteiger partial charge in [-0.15, -0.1) is 5.10 Å². The van der Waals surface area contributed by atoms with E-state index in [9.17, 15) is 9.59 Å². The molecule has 1 heterocycles. The third kappa shape index (κ3) is 5.23. The Kier molecular flexibility index (Phi) is 6.39. The van der Waals surface area contributed by atoms with E-state index in [-0.39, 0.29) is 24.3 Å². The van der Waals surface area contributed by atoms with Crippen LogP contribution in [0.5, 0.6) is 0 Å². The van der Waals surface area contributed by atoms with E-state index < -0.39 is 5.97 Å². The van der Waals surface area contributed by atoms with E-state index in [0.29, 0.717) is 5.82 Å². The predicted molar refractivity (Wildman–Crippen MR) is 92.0 cm³/mol. The van der Waals surface area contributed by atoms with Crippen LogP contribution in [0.15, 0.2) is 30.3 Å². The number of benzene rings is 1. The Hall–Kier alpha value is -3.03. The highest BCUT2D eigenvalue weighted by molar-refractivity contribution is 6.15. The van der Waals surface area contributed by atoms with Crippen LogP contribution in [0.3, 0.4) is 0 Å². The number of tetrazole rings is 1. The fourth-order valence-corrected chi connectivity index (χ4v) is 1.99. The largest absolute Gasteiger partial charge is 0.451 e. The average Bonchev–Trinajstić information content (AvgIpc) is 3.04. The summed E-state index contributed by atoms with van der Waals surface area (Å²) in [5.41, 5.74) is 0.915. The van der Waals surface area contributed by atoms with Crippen molar-refractivity contribution in [2.45, 2.75) is 33.2 Å². The molecule has 1 amide bonds.